The summed E-state index contributed by atoms with van der Waals surface area (Å²) in [5.41, 5.74) is 0.0733. The maximum atomic E-state index is 13.4. The van der Waals surface area contributed by atoms with Gasteiger partial charge in [0.15, 0.2) is 11.5 Å². The highest BCUT2D eigenvalue weighted by Gasteiger charge is 2.32. The number of rotatable bonds is 6. The number of benzene rings is 2. The van der Waals surface area contributed by atoms with Gasteiger partial charge in [-0.2, -0.15) is 13.2 Å². The first-order chi connectivity index (χ1) is 13.7. The van der Waals surface area contributed by atoms with Crippen LogP contribution >= 0.6 is 0 Å². The molecule has 2 aromatic carbocycles. The first-order valence-corrected chi connectivity index (χ1v) is 9.02. The van der Waals surface area contributed by atoms with E-state index in [4.69, 9.17) is 14.2 Å². The van der Waals surface area contributed by atoms with Crippen LogP contribution < -0.4 is 14.2 Å². The van der Waals surface area contributed by atoms with Crippen molar-refractivity contribution in [3.63, 3.8) is 0 Å². The summed E-state index contributed by atoms with van der Waals surface area (Å²) in [6, 6.07) is 8.51. The third-order valence-corrected chi connectivity index (χ3v) is 4.86. The molecule has 0 aliphatic carbocycles. The molecule has 0 aromatic heterocycles. The summed E-state index contributed by atoms with van der Waals surface area (Å²) < 4.78 is 56.3. The fourth-order valence-corrected chi connectivity index (χ4v) is 3.31. The van der Waals surface area contributed by atoms with Gasteiger partial charge in [-0.1, -0.05) is 6.07 Å². The Kier molecular flexibility index (Phi) is 5.91. The first kappa shape index (κ1) is 20.8. The Bertz CT molecular complexity index is 898. The first-order valence-electron chi connectivity index (χ1n) is 9.02. The molecule has 1 fully saturated rings. The number of methoxy groups -OCH3 is 2. The van der Waals surface area contributed by atoms with E-state index < -0.39 is 11.7 Å². The average Bonchev–Trinajstić information content (AvgIpc) is 3.02. The smallest absolute Gasteiger partial charge is 0.416 e. The predicted molar refractivity (Wildman–Crippen MR) is 101 cm³/mol. The quantitative estimate of drug-likeness (QED) is 0.716. The molecule has 1 amide bonds. The molecule has 0 radical (unpaired) electrons. The van der Waals surface area contributed by atoms with E-state index in [1.54, 1.807) is 36.2 Å². The molecule has 5 nitrogen and oxygen atoms in total. The van der Waals surface area contributed by atoms with Crippen molar-refractivity contribution in [2.24, 2.45) is 5.92 Å². The molecule has 29 heavy (non-hydrogen) atoms. The van der Waals surface area contributed by atoms with Crippen LogP contribution in [0.1, 0.15) is 12.0 Å². The second kappa shape index (κ2) is 8.23. The van der Waals surface area contributed by atoms with E-state index in [-0.39, 0.29) is 24.2 Å². The Hall–Kier alpha value is -2.90. The van der Waals surface area contributed by atoms with Crippen LogP contribution in [0.3, 0.4) is 0 Å². The van der Waals surface area contributed by atoms with Crippen molar-refractivity contribution < 1.29 is 32.2 Å². The molecule has 8 heteroatoms. The molecule has 1 atom stereocenters. The number of likely N-dealkylation sites (tertiary alicyclic amines) is 1. The Balaban J connectivity index is 1.91. The SMILES string of the molecule is COc1ccc(-c2cc(OCC3CC(=O)N(C)C3)cc(C(F)(F)F)c2)cc1OC. The standard InChI is InChI=1S/C21H22F3NO4/c1-25-11-13(6-20(25)26)12-29-17-8-15(7-16(10-17)21(22,23)24)14-4-5-18(27-2)19(9-14)28-3/h4-5,7-10,13H,6,11-12H2,1-3H3. The second-order valence-electron chi connectivity index (χ2n) is 6.97. The minimum Gasteiger partial charge on any atom is -0.493 e. The van der Waals surface area contributed by atoms with Crippen molar-refractivity contribution in [2.75, 3.05) is 34.4 Å². The maximum Gasteiger partial charge on any atom is 0.416 e. The lowest BCUT2D eigenvalue weighted by Crippen LogP contribution is -2.20. The number of ether oxygens (including phenoxy) is 3. The molecule has 0 spiro atoms. The van der Waals surface area contributed by atoms with Gasteiger partial charge < -0.3 is 19.1 Å². The lowest BCUT2D eigenvalue weighted by molar-refractivity contribution is -0.137. The molecular weight excluding hydrogens is 387 g/mol. The third kappa shape index (κ3) is 4.75. The summed E-state index contributed by atoms with van der Waals surface area (Å²) in [5, 5.41) is 0. The van der Waals surface area contributed by atoms with Crippen LogP contribution in [0.15, 0.2) is 36.4 Å². The van der Waals surface area contributed by atoms with Gasteiger partial charge in [-0.15, -0.1) is 0 Å². The van der Waals surface area contributed by atoms with Crippen molar-refractivity contribution in [1.29, 1.82) is 0 Å². The summed E-state index contributed by atoms with van der Waals surface area (Å²) >= 11 is 0. The van der Waals surface area contributed by atoms with Crippen LogP contribution in [-0.4, -0.2) is 45.2 Å². The molecule has 1 aliphatic rings. The van der Waals surface area contributed by atoms with Gasteiger partial charge in [0.05, 0.1) is 26.4 Å². The molecule has 0 bridgehead atoms. The fraction of sp³-hybridized carbons (Fsp3) is 0.381. The average molecular weight is 409 g/mol. The number of carbonyl (C=O) groups is 1. The van der Waals surface area contributed by atoms with Gasteiger partial charge in [-0.05, 0) is 41.5 Å². The van der Waals surface area contributed by atoms with Gasteiger partial charge in [-0.3, -0.25) is 4.79 Å². The number of amides is 1. The van der Waals surface area contributed by atoms with Crippen molar-refractivity contribution in [2.45, 2.75) is 12.6 Å². The zero-order valence-corrected chi connectivity index (χ0v) is 16.4. The highest BCUT2D eigenvalue weighted by molar-refractivity contribution is 5.78. The normalized spacial score (nSPS) is 16.8. The molecule has 156 valence electrons. The fourth-order valence-electron chi connectivity index (χ4n) is 3.31. The Morgan fingerprint density at radius 2 is 1.76 bits per heavy atom. The van der Waals surface area contributed by atoms with E-state index in [9.17, 15) is 18.0 Å². The lowest BCUT2D eigenvalue weighted by Gasteiger charge is -2.16. The van der Waals surface area contributed by atoms with Gasteiger partial charge in [0.2, 0.25) is 5.91 Å². The van der Waals surface area contributed by atoms with Crippen LogP contribution in [0.25, 0.3) is 11.1 Å². The van der Waals surface area contributed by atoms with E-state index in [1.807, 2.05) is 0 Å². The molecule has 0 saturated carbocycles. The molecule has 3 rings (SSSR count). The molecule has 0 N–H and O–H groups in total. The largest absolute Gasteiger partial charge is 0.493 e. The predicted octanol–water partition coefficient (Wildman–Crippen LogP) is 4.25. The van der Waals surface area contributed by atoms with Crippen molar-refractivity contribution in [3.8, 4) is 28.4 Å². The Labute approximate surface area is 167 Å². The van der Waals surface area contributed by atoms with E-state index in [1.165, 1.54) is 14.2 Å². The van der Waals surface area contributed by atoms with Crippen LogP contribution in [0.5, 0.6) is 17.2 Å². The maximum absolute atomic E-state index is 13.4. The number of hydrogen-bond donors (Lipinski definition) is 0. The third-order valence-electron chi connectivity index (χ3n) is 4.86. The van der Waals surface area contributed by atoms with Crippen LogP contribution in [0.4, 0.5) is 13.2 Å². The molecule has 1 aliphatic heterocycles. The van der Waals surface area contributed by atoms with E-state index >= 15 is 0 Å². The lowest BCUT2D eigenvalue weighted by atomic mass is 10.0. The summed E-state index contributed by atoms with van der Waals surface area (Å²) in [5.74, 6) is 0.957. The second-order valence-corrected chi connectivity index (χ2v) is 6.97. The van der Waals surface area contributed by atoms with Gasteiger partial charge >= 0.3 is 6.18 Å². The highest BCUT2D eigenvalue weighted by Crippen LogP contribution is 2.38. The number of alkyl halides is 3. The van der Waals surface area contributed by atoms with Crippen molar-refractivity contribution >= 4 is 5.91 Å². The van der Waals surface area contributed by atoms with Crippen LogP contribution in [0, 0.1) is 5.92 Å². The van der Waals surface area contributed by atoms with Crippen molar-refractivity contribution in [3.05, 3.63) is 42.0 Å². The van der Waals surface area contributed by atoms with Gasteiger partial charge in [0.1, 0.15) is 5.75 Å². The molecular formula is C21H22F3NO4. The van der Waals surface area contributed by atoms with Gasteiger partial charge in [-0.25, -0.2) is 0 Å². The Morgan fingerprint density at radius 1 is 1.03 bits per heavy atom. The molecule has 1 heterocycles. The Morgan fingerprint density at radius 3 is 2.34 bits per heavy atom. The minimum absolute atomic E-state index is 0.00802. The van der Waals surface area contributed by atoms with E-state index in [0.29, 0.717) is 35.6 Å². The van der Waals surface area contributed by atoms with Gasteiger partial charge in [0.25, 0.3) is 0 Å². The highest BCUT2D eigenvalue weighted by atomic mass is 19.4. The van der Waals surface area contributed by atoms with Crippen molar-refractivity contribution in [1.82, 2.24) is 4.90 Å². The number of nitrogens with zero attached hydrogens (tertiary/aromatic N) is 1. The summed E-state index contributed by atoms with van der Waals surface area (Å²) in [6.07, 6.45) is -4.19. The summed E-state index contributed by atoms with van der Waals surface area (Å²) in [7, 11) is 4.64. The van der Waals surface area contributed by atoms with E-state index in [0.717, 1.165) is 12.1 Å². The monoisotopic (exact) mass is 409 g/mol. The van der Waals surface area contributed by atoms with Crippen LogP contribution in [0.2, 0.25) is 0 Å². The zero-order valence-electron chi connectivity index (χ0n) is 16.4. The van der Waals surface area contributed by atoms with Crippen LogP contribution in [-0.2, 0) is 11.0 Å². The van der Waals surface area contributed by atoms with E-state index in [2.05, 4.69) is 0 Å². The van der Waals surface area contributed by atoms with Gasteiger partial charge in [0, 0.05) is 25.9 Å². The minimum atomic E-state index is -4.52. The number of carbonyl (C=O) groups excluding carboxylic acids is 1. The number of hydrogen-bond acceptors (Lipinski definition) is 4. The molecule has 2 aromatic rings. The summed E-state index contributed by atoms with van der Waals surface area (Å²) in [4.78, 5) is 13.2. The topological polar surface area (TPSA) is 48.0 Å². The molecule has 1 saturated heterocycles. The zero-order chi connectivity index (χ0) is 21.2. The molecule has 1 unspecified atom stereocenters. The number of halogens is 3. The summed E-state index contributed by atoms with van der Waals surface area (Å²) in [6.45, 7) is 0.698.